The molecule has 1 amide bonds. The monoisotopic (exact) mass is 499 g/mol. The summed E-state index contributed by atoms with van der Waals surface area (Å²) < 4.78 is 26.1. The Kier molecular flexibility index (Phi) is 6.19. The van der Waals surface area contributed by atoms with Crippen LogP contribution in [0.25, 0.3) is 0 Å². The van der Waals surface area contributed by atoms with E-state index >= 15 is 0 Å². The third kappa shape index (κ3) is 4.86. The molecule has 0 aliphatic heterocycles. The largest absolute Gasteiger partial charge is 0.271 e. The zero-order valence-electron chi connectivity index (χ0n) is 19.3. The van der Waals surface area contributed by atoms with Gasteiger partial charge in [0.05, 0.1) is 18.2 Å². The number of sulfonamides is 1. The SMILES string of the molecule is CS(=O)(=O)N(CC(=O)N/N=C\c1ccc(Cl)cc1)c1ccc(C23CC4CC(CC(C4)C2)C3)cc1. The number of halogens is 1. The summed E-state index contributed by atoms with van der Waals surface area (Å²) in [7, 11) is -3.65. The number of hydrazone groups is 1. The van der Waals surface area contributed by atoms with Crippen LogP contribution >= 0.6 is 11.6 Å². The lowest BCUT2D eigenvalue weighted by Gasteiger charge is -2.57. The summed E-state index contributed by atoms with van der Waals surface area (Å²) in [6.07, 6.45) is 10.5. The Morgan fingerprint density at radius 2 is 1.59 bits per heavy atom. The van der Waals surface area contributed by atoms with E-state index in [1.54, 1.807) is 24.3 Å². The predicted molar refractivity (Wildman–Crippen MR) is 136 cm³/mol. The Balaban J connectivity index is 1.28. The lowest BCUT2D eigenvalue weighted by atomic mass is 9.48. The normalized spacial score (nSPS) is 27.8. The van der Waals surface area contributed by atoms with Gasteiger partial charge in [0.1, 0.15) is 6.54 Å². The van der Waals surface area contributed by atoms with Crippen molar-refractivity contribution in [2.24, 2.45) is 22.9 Å². The standard InChI is InChI=1S/C26H30ClN3O3S/c1-34(32,33)30(17-25(31)29-28-16-18-2-6-23(27)7-3-18)24-8-4-22(5-9-24)26-13-19-10-20(14-26)12-21(11-19)15-26/h2-9,16,19-21H,10-15,17H2,1H3,(H,29,31)/b28-16-. The van der Waals surface area contributed by atoms with Gasteiger partial charge in [0.25, 0.3) is 5.91 Å². The van der Waals surface area contributed by atoms with E-state index in [0.717, 1.165) is 33.9 Å². The van der Waals surface area contributed by atoms with Crippen LogP contribution in [0.5, 0.6) is 0 Å². The van der Waals surface area contributed by atoms with Crippen LogP contribution in [0, 0.1) is 17.8 Å². The van der Waals surface area contributed by atoms with E-state index in [1.807, 2.05) is 12.1 Å². The first-order chi connectivity index (χ1) is 16.2. The van der Waals surface area contributed by atoms with Crippen LogP contribution < -0.4 is 9.73 Å². The predicted octanol–water partition coefficient (Wildman–Crippen LogP) is 4.72. The van der Waals surface area contributed by atoms with Gasteiger partial charge in [-0.3, -0.25) is 9.10 Å². The first-order valence-corrected chi connectivity index (χ1v) is 14.1. The number of carbonyl (C=O) groups excluding carboxylic acids is 1. The molecule has 0 aromatic heterocycles. The number of carbonyl (C=O) groups is 1. The fraction of sp³-hybridized carbons (Fsp3) is 0.462. The molecule has 180 valence electrons. The Hall–Kier alpha value is -2.38. The number of nitrogens with zero attached hydrogens (tertiary/aromatic N) is 2. The van der Waals surface area contributed by atoms with Crippen molar-refractivity contribution in [3.05, 3.63) is 64.7 Å². The van der Waals surface area contributed by atoms with Crippen molar-refractivity contribution in [1.82, 2.24) is 5.43 Å². The molecule has 2 aromatic rings. The van der Waals surface area contributed by atoms with Crippen molar-refractivity contribution in [3.8, 4) is 0 Å². The Morgan fingerprint density at radius 3 is 2.12 bits per heavy atom. The van der Waals surface area contributed by atoms with Gasteiger partial charge in [-0.1, -0.05) is 35.9 Å². The number of anilines is 1. The summed E-state index contributed by atoms with van der Waals surface area (Å²) in [5.74, 6) is 2.02. The van der Waals surface area contributed by atoms with Crippen LogP contribution in [0.4, 0.5) is 5.69 Å². The summed E-state index contributed by atoms with van der Waals surface area (Å²) in [6, 6.07) is 14.8. The molecule has 0 atom stereocenters. The Morgan fingerprint density at radius 1 is 1.03 bits per heavy atom. The zero-order valence-corrected chi connectivity index (χ0v) is 20.9. The Bertz CT molecular complexity index is 1160. The lowest BCUT2D eigenvalue weighted by molar-refractivity contribution is -0.119. The van der Waals surface area contributed by atoms with E-state index < -0.39 is 15.9 Å². The second-order valence-electron chi connectivity index (χ2n) is 10.4. The second-order valence-corrected chi connectivity index (χ2v) is 12.7. The molecule has 0 spiro atoms. The third-order valence-electron chi connectivity index (χ3n) is 7.77. The van der Waals surface area contributed by atoms with Crippen LogP contribution in [-0.2, 0) is 20.2 Å². The highest BCUT2D eigenvalue weighted by molar-refractivity contribution is 7.92. The molecule has 2 aromatic carbocycles. The molecule has 4 saturated carbocycles. The zero-order chi connectivity index (χ0) is 23.9. The summed E-state index contributed by atoms with van der Waals surface area (Å²) in [5.41, 5.74) is 5.24. The maximum atomic E-state index is 12.5. The minimum absolute atomic E-state index is 0.247. The number of benzene rings is 2. The average molecular weight is 500 g/mol. The molecule has 4 aliphatic rings. The van der Waals surface area contributed by atoms with E-state index in [0.29, 0.717) is 10.7 Å². The van der Waals surface area contributed by atoms with Crippen LogP contribution in [0.15, 0.2) is 53.6 Å². The fourth-order valence-corrected chi connectivity index (χ4v) is 7.72. The van der Waals surface area contributed by atoms with Crippen LogP contribution in [0.1, 0.15) is 49.7 Å². The maximum absolute atomic E-state index is 12.5. The number of amides is 1. The van der Waals surface area contributed by atoms with Crippen LogP contribution in [0.2, 0.25) is 5.02 Å². The maximum Gasteiger partial charge on any atom is 0.260 e. The van der Waals surface area contributed by atoms with Crippen molar-refractivity contribution < 1.29 is 13.2 Å². The van der Waals surface area contributed by atoms with Gasteiger partial charge in [-0.25, -0.2) is 13.8 Å². The molecule has 6 nitrogen and oxygen atoms in total. The lowest BCUT2D eigenvalue weighted by Crippen LogP contribution is -2.48. The molecule has 4 aliphatic carbocycles. The van der Waals surface area contributed by atoms with E-state index in [9.17, 15) is 13.2 Å². The van der Waals surface area contributed by atoms with Gasteiger partial charge in [0.2, 0.25) is 10.0 Å². The first kappa shape index (κ1) is 23.4. The van der Waals surface area contributed by atoms with Gasteiger partial charge in [-0.15, -0.1) is 0 Å². The summed E-state index contributed by atoms with van der Waals surface area (Å²) in [4.78, 5) is 12.5. The van der Waals surface area contributed by atoms with E-state index in [-0.39, 0.29) is 12.0 Å². The molecule has 0 radical (unpaired) electrons. The quantitative estimate of drug-likeness (QED) is 0.442. The highest BCUT2D eigenvalue weighted by Gasteiger charge is 2.51. The van der Waals surface area contributed by atoms with Crippen molar-refractivity contribution in [1.29, 1.82) is 0 Å². The third-order valence-corrected chi connectivity index (χ3v) is 9.16. The van der Waals surface area contributed by atoms with Gasteiger partial charge in [0.15, 0.2) is 0 Å². The summed E-state index contributed by atoms with van der Waals surface area (Å²) >= 11 is 5.86. The van der Waals surface area contributed by atoms with Crippen molar-refractivity contribution in [2.75, 3.05) is 17.1 Å². The molecular formula is C26H30ClN3O3S. The minimum Gasteiger partial charge on any atom is -0.271 e. The van der Waals surface area contributed by atoms with Crippen molar-refractivity contribution in [2.45, 2.75) is 43.9 Å². The number of hydrogen-bond donors (Lipinski definition) is 1. The number of nitrogens with one attached hydrogen (secondary N) is 1. The van der Waals surface area contributed by atoms with E-state index in [2.05, 4.69) is 22.7 Å². The number of hydrogen-bond acceptors (Lipinski definition) is 4. The molecule has 4 bridgehead atoms. The number of rotatable bonds is 7. The molecule has 1 N–H and O–H groups in total. The van der Waals surface area contributed by atoms with Crippen LogP contribution in [-0.4, -0.2) is 33.3 Å². The van der Waals surface area contributed by atoms with Crippen molar-refractivity contribution >= 4 is 39.4 Å². The summed E-state index contributed by atoms with van der Waals surface area (Å²) in [6.45, 7) is -0.340. The van der Waals surface area contributed by atoms with Gasteiger partial charge in [-0.2, -0.15) is 5.10 Å². The molecular weight excluding hydrogens is 470 g/mol. The Labute approximate surface area is 206 Å². The molecule has 34 heavy (non-hydrogen) atoms. The van der Waals surface area contributed by atoms with Crippen molar-refractivity contribution in [3.63, 3.8) is 0 Å². The average Bonchev–Trinajstić information content (AvgIpc) is 2.77. The molecule has 8 heteroatoms. The van der Waals surface area contributed by atoms with Gasteiger partial charge in [0, 0.05) is 5.02 Å². The van der Waals surface area contributed by atoms with Crippen LogP contribution in [0.3, 0.4) is 0 Å². The molecule has 0 unspecified atom stereocenters. The molecule has 0 saturated heterocycles. The molecule has 6 rings (SSSR count). The first-order valence-electron chi connectivity index (χ1n) is 11.9. The smallest absolute Gasteiger partial charge is 0.260 e. The van der Waals surface area contributed by atoms with E-state index in [1.165, 1.54) is 50.3 Å². The van der Waals surface area contributed by atoms with Gasteiger partial charge in [-0.05, 0) is 97.1 Å². The highest BCUT2D eigenvalue weighted by atomic mass is 35.5. The summed E-state index contributed by atoms with van der Waals surface area (Å²) in [5, 5.41) is 4.54. The molecule has 4 fully saturated rings. The van der Waals surface area contributed by atoms with Gasteiger partial charge < -0.3 is 0 Å². The second kappa shape index (κ2) is 9.00. The topological polar surface area (TPSA) is 78.8 Å². The fourth-order valence-electron chi connectivity index (χ4n) is 6.74. The van der Waals surface area contributed by atoms with Gasteiger partial charge >= 0.3 is 0 Å². The minimum atomic E-state index is -3.65. The van der Waals surface area contributed by atoms with E-state index in [4.69, 9.17) is 11.6 Å². The molecule has 0 heterocycles. The highest BCUT2D eigenvalue weighted by Crippen LogP contribution is 2.60.